The quantitative estimate of drug-likeness (QED) is 0.683. The Balaban J connectivity index is 1.44. The zero-order chi connectivity index (χ0) is 24.8. The number of aromatic nitrogens is 1. The first kappa shape index (κ1) is 23.0. The maximum Gasteiger partial charge on any atom is 0.193 e. The van der Waals surface area contributed by atoms with E-state index in [0.29, 0.717) is 31.5 Å². The summed E-state index contributed by atoms with van der Waals surface area (Å²) >= 11 is 0. The zero-order valence-corrected chi connectivity index (χ0v) is 20.0. The highest BCUT2D eigenvalue weighted by atomic mass is 19.1. The summed E-state index contributed by atoms with van der Waals surface area (Å²) in [5, 5.41) is 23.2. The number of hydrogen-bond donors (Lipinski definition) is 2. The van der Waals surface area contributed by atoms with Gasteiger partial charge in [-0.1, -0.05) is 18.6 Å². The molecule has 8 heteroatoms. The summed E-state index contributed by atoms with van der Waals surface area (Å²) < 4.78 is 17.3. The number of aliphatic hydroxyl groups excluding tert-OH is 2. The van der Waals surface area contributed by atoms with Gasteiger partial charge in [0.15, 0.2) is 22.8 Å². The molecule has 0 spiro atoms. The fourth-order valence-corrected chi connectivity index (χ4v) is 8.53. The predicted octanol–water partition coefficient (Wildman–Crippen LogP) is 2.73. The van der Waals surface area contributed by atoms with Crippen LogP contribution in [-0.2, 0) is 14.4 Å². The van der Waals surface area contributed by atoms with Gasteiger partial charge in [0.2, 0.25) is 0 Å². The van der Waals surface area contributed by atoms with E-state index < -0.39 is 46.5 Å². The van der Waals surface area contributed by atoms with Gasteiger partial charge in [0.25, 0.3) is 0 Å². The van der Waals surface area contributed by atoms with Crippen molar-refractivity contribution >= 4 is 17.3 Å². The summed E-state index contributed by atoms with van der Waals surface area (Å²) in [5.74, 6) is -1.58. The number of fused-ring (bicyclic) bond motifs is 7. The molecule has 1 aromatic heterocycles. The minimum atomic E-state index is -1.97. The average Bonchev–Trinajstić information content (AvgIpc) is 3.34. The molecular formula is C27H31FN2O5. The number of aliphatic hydroxyl groups is 2. The van der Waals surface area contributed by atoms with E-state index in [1.54, 1.807) is 36.5 Å². The van der Waals surface area contributed by atoms with Crippen molar-refractivity contribution in [3.05, 3.63) is 48.3 Å². The van der Waals surface area contributed by atoms with Crippen LogP contribution in [0.2, 0.25) is 0 Å². The summed E-state index contributed by atoms with van der Waals surface area (Å²) in [6.45, 7) is 3.44. The van der Waals surface area contributed by atoms with Crippen molar-refractivity contribution in [3.8, 4) is 0 Å². The molecule has 4 fully saturated rings. The lowest BCUT2D eigenvalue weighted by molar-refractivity contribution is -0.223. The smallest absolute Gasteiger partial charge is 0.193 e. The molecule has 1 aromatic rings. The Morgan fingerprint density at radius 2 is 2.14 bits per heavy atom. The zero-order valence-electron chi connectivity index (χ0n) is 20.0. The molecule has 1 aliphatic heterocycles. The highest BCUT2D eigenvalue weighted by Gasteiger charge is 2.78. The molecule has 0 radical (unpaired) electrons. The summed E-state index contributed by atoms with van der Waals surface area (Å²) in [7, 11) is 0. The number of carbonyl (C=O) groups is 2. The molecular weight excluding hydrogens is 451 g/mol. The van der Waals surface area contributed by atoms with E-state index in [0.717, 1.165) is 5.57 Å². The van der Waals surface area contributed by atoms with Gasteiger partial charge in [-0.25, -0.2) is 4.39 Å². The summed E-state index contributed by atoms with van der Waals surface area (Å²) in [5.41, 5.74) is -3.85. The SMILES string of the molecule is C[C@]12C=CC(=O)C=C1CC[C@H]1[C@@H]3C[C@H]4CN(c5cccnc5)O[C@@]4(C(=O)CO)[C@@]3(C)C[C@H](O)[C@@]12F. The van der Waals surface area contributed by atoms with Crippen LogP contribution in [0.5, 0.6) is 0 Å². The Labute approximate surface area is 203 Å². The molecule has 4 aliphatic carbocycles. The Kier molecular flexibility index (Phi) is 4.80. The number of Topliss-reactive ketones (excluding diaryl/α,β-unsaturated/α-hetero) is 1. The standard InChI is InChI=1S/C27H31FN2O5/c1-24-8-7-19(32)10-16(24)5-6-20-21-11-17-14-30(18-4-3-9-29-13-18)35-27(17,23(34)15-31)25(21,2)12-22(33)26(20,24)28/h3-4,7-10,13,17,20-22,31,33H,5-6,11-12,14-15H2,1-2H3/t17-,20-,21-,22-,24-,25-,26-,27-/m0/s1. The lowest BCUT2D eigenvalue weighted by Gasteiger charge is -2.62. The van der Waals surface area contributed by atoms with Gasteiger partial charge in [-0.05, 0) is 62.8 Å². The van der Waals surface area contributed by atoms with Crippen molar-refractivity contribution in [2.45, 2.75) is 56.9 Å². The van der Waals surface area contributed by atoms with Crippen LogP contribution in [0.1, 0.15) is 39.5 Å². The van der Waals surface area contributed by atoms with Gasteiger partial charge < -0.3 is 10.2 Å². The topological polar surface area (TPSA) is 100.0 Å². The average molecular weight is 483 g/mol. The van der Waals surface area contributed by atoms with Crippen LogP contribution in [-0.4, -0.2) is 57.3 Å². The summed E-state index contributed by atoms with van der Waals surface area (Å²) in [6.07, 6.45) is 8.15. The maximum absolute atomic E-state index is 17.3. The Morgan fingerprint density at radius 1 is 1.34 bits per heavy atom. The molecule has 186 valence electrons. The maximum atomic E-state index is 17.3. The van der Waals surface area contributed by atoms with Gasteiger partial charge in [0.1, 0.15) is 6.61 Å². The lowest BCUT2D eigenvalue weighted by Crippen LogP contribution is -2.69. The molecule has 0 unspecified atom stereocenters. The molecule has 7 nitrogen and oxygen atoms in total. The molecule has 5 aliphatic rings. The van der Waals surface area contributed by atoms with Gasteiger partial charge >= 0.3 is 0 Å². The molecule has 0 amide bonds. The molecule has 35 heavy (non-hydrogen) atoms. The van der Waals surface area contributed by atoms with Gasteiger partial charge in [-0.3, -0.25) is 24.5 Å². The second kappa shape index (κ2) is 7.31. The number of nitrogens with zero attached hydrogens (tertiary/aromatic N) is 2. The Morgan fingerprint density at radius 3 is 2.86 bits per heavy atom. The van der Waals surface area contributed by atoms with E-state index in [-0.39, 0.29) is 24.0 Å². The van der Waals surface area contributed by atoms with Gasteiger partial charge in [0, 0.05) is 28.9 Å². The number of anilines is 1. The predicted molar refractivity (Wildman–Crippen MR) is 125 cm³/mol. The molecule has 0 bridgehead atoms. The van der Waals surface area contributed by atoms with E-state index >= 15 is 4.39 Å². The first-order valence-electron chi connectivity index (χ1n) is 12.4. The van der Waals surface area contributed by atoms with E-state index in [9.17, 15) is 19.8 Å². The van der Waals surface area contributed by atoms with Crippen LogP contribution in [0.15, 0.2) is 48.3 Å². The van der Waals surface area contributed by atoms with Crippen LogP contribution in [0, 0.1) is 28.6 Å². The van der Waals surface area contributed by atoms with Crippen LogP contribution < -0.4 is 5.06 Å². The second-order valence-electron chi connectivity index (χ2n) is 11.4. The molecule has 6 rings (SSSR count). The van der Waals surface area contributed by atoms with Crippen molar-refractivity contribution < 1.29 is 29.0 Å². The second-order valence-corrected chi connectivity index (χ2v) is 11.4. The highest BCUT2D eigenvalue weighted by Crippen LogP contribution is 2.72. The third kappa shape index (κ3) is 2.63. The monoisotopic (exact) mass is 482 g/mol. The molecule has 2 N–H and O–H groups in total. The first-order chi connectivity index (χ1) is 16.6. The number of hydroxylamine groups is 1. The van der Waals surface area contributed by atoms with Crippen LogP contribution in [0.4, 0.5) is 10.1 Å². The Hall–Kier alpha value is -2.42. The minimum absolute atomic E-state index is 0.0262. The third-order valence-corrected chi connectivity index (χ3v) is 10.1. The largest absolute Gasteiger partial charge is 0.390 e. The summed E-state index contributed by atoms with van der Waals surface area (Å²) in [6, 6.07) is 3.63. The Bertz CT molecular complexity index is 1160. The van der Waals surface area contributed by atoms with Gasteiger partial charge in [-0.15, -0.1) is 0 Å². The number of hydrogen-bond acceptors (Lipinski definition) is 7. The van der Waals surface area contributed by atoms with Crippen molar-refractivity contribution in [1.82, 2.24) is 4.98 Å². The third-order valence-electron chi connectivity index (χ3n) is 10.1. The highest BCUT2D eigenvalue weighted by molar-refractivity contribution is 6.01. The van der Waals surface area contributed by atoms with Crippen molar-refractivity contribution in [2.75, 3.05) is 18.2 Å². The van der Waals surface area contributed by atoms with Crippen LogP contribution >= 0.6 is 0 Å². The van der Waals surface area contributed by atoms with Gasteiger partial charge in [0.05, 0.1) is 24.5 Å². The number of pyridine rings is 1. The van der Waals surface area contributed by atoms with Crippen LogP contribution in [0.25, 0.3) is 0 Å². The van der Waals surface area contributed by atoms with E-state index in [1.165, 1.54) is 12.2 Å². The number of ketones is 2. The number of allylic oxidation sites excluding steroid dienone is 4. The van der Waals surface area contributed by atoms with E-state index in [2.05, 4.69) is 4.98 Å². The van der Waals surface area contributed by atoms with Crippen molar-refractivity contribution in [1.29, 1.82) is 0 Å². The number of halogens is 1. The van der Waals surface area contributed by atoms with E-state index in [1.807, 2.05) is 13.0 Å². The number of alkyl halides is 1. The molecule has 8 atom stereocenters. The lowest BCUT2D eigenvalue weighted by atomic mass is 9.44. The molecule has 1 saturated heterocycles. The summed E-state index contributed by atoms with van der Waals surface area (Å²) in [4.78, 5) is 36.1. The van der Waals surface area contributed by atoms with E-state index in [4.69, 9.17) is 4.84 Å². The normalized spacial score (nSPS) is 45.9. The number of rotatable bonds is 3. The van der Waals surface area contributed by atoms with Crippen molar-refractivity contribution in [2.24, 2.45) is 28.6 Å². The van der Waals surface area contributed by atoms with Crippen molar-refractivity contribution in [3.63, 3.8) is 0 Å². The van der Waals surface area contributed by atoms with Gasteiger partial charge in [-0.2, -0.15) is 0 Å². The fourth-order valence-electron chi connectivity index (χ4n) is 8.53. The molecule has 0 aromatic carbocycles. The van der Waals surface area contributed by atoms with Crippen LogP contribution in [0.3, 0.4) is 0 Å². The first-order valence-corrected chi connectivity index (χ1v) is 12.4. The fraction of sp³-hybridized carbons (Fsp3) is 0.593. The molecule has 2 heterocycles. The number of carbonyl (C=O) groups excluding carboxylic acids is 2. The molecule has 3 saturated carbocycles. The minimum Gasteiger partial charge on any atom is -0.390 e.